The molecule has 0 spiro atoms. The summed E-state index contributed by atoms with van der Waals surface area (Å²) in [6, 6.07) is 2.76. The van der Waals surface area contributed by atoms with Crippen molar-refractivity contribution in [3.8, 4) is 0 Å². The number of hydrogen-bond donors (Lipinski definition) is 2. The third-order valence-electron chi connectivity index (χ3n) is 2.62. The Balaban J connectivity index is 3.06. The van der Waals surface area contributed by atoms with Crippen LogP contribution in [-0.2, 0) is 10.0 Å². The van der Waals surface area contributed by atoms with Crippen molar-refractivity contribution in [1.29, 1.82) is 0 Å². The summed E-state index contributed by atoms with van der Waals surface area (Å²) in [6.07, 6.45) is 1.92. The van der Waals surface area contributed by atoms with Crippen molar-refractivity contribution in [2.24, 2.45) is 0 Å². The largest absolute Gasteiger partial charge is 0.396 e. The fraction of sp³-hybridized carbons (Fsp3) is 0.455. The molecule has 0 saturated heterocycles. The molecule has 0 bridgehead atoms. The van der Waals surface area contributed by atoms with Gasteiger partial charge < -0.3 is 5.73 Å². The minimum atomic E-state index is -3.71. The molecule has 19 heavy (non-hydrogen) atoms. The van der Waals surface area contributed by atoms with Crippen LogP contribution in [0, 0.1) is 0 Å². The van der Waals surface area contributed by atoms with Gasteiger partial charge in [-0.15, -0.1) is 0 Å². The van der Waals surface area contributed by atoms with E-state index >= 15 is 0 Å². The zero-order valence-corrected chi connectivity index (χ0v) is 14.0. The quantitative estimate of drug-likeness (QED) is 0.806. The van der Waals surface area contributed by atoms with Gasteiger partial charge in [0.2, 0.25) is 10.0 Å². The first kappa shape index (κ1) is 16.9. The number of nitrogens with two attached hydrogens (primary N) is 1. The second-order valence-electron chi connectivity index (χ2n) is 4.56. The Labute approximate surface area is 128 Å². The molecule has 1 aromatic rings. The summed E-state index contributed by atoms with van der Waals surface area (Å²) in [5.74, 6) is 0. The summed E-state index contributed by atoms with van der Waals surface area (Å²) in [7, 11) is -3.71. The number of hydrogen-bond acceptors (Lipinski definition) is 4. The van der Waals surface area contributed by atoms with Gasteiger partial charge in [0.15, 0.2) is 0 Å². The zero-order chi connectivity index (χ0) is 14.8. The maximum absolute atomic E-state index is 12.2. The Kier molecular flexibility index (Phi) is 5.43. The molecule has 0 fully saturated rings. The fourth-order valence-corrected chi connectivity index (χ4v) is 3.46. The van der Waals surface area contributed by atoms with Crippen LogP contribution in [0.1, 0.15) is 13.8 Å². The van der Waals surface area contributed by atoms with Gasteiger partial charge in [-0.3, -0.25) is 0 Å². The van der Waals surface area contributed by atoms with E-state index in [0.29, 0.717) is 0 Å². The first-order chi connectivity index (χ1) is 8.60. The minimum Gasteiger partial charge on any atom is -0.396 e. The van der Waals surface area contributed by atoms with Crippen molar-refractivity contribution in [2.75, 3.05) is 18.5 Å². The number of nitrogen functional groups attached to an aromatic ring is 1. The average molecular weight is 343 g/mol. The van der Waals surface area contributed by atoms with E-state index in [4.69, 9.17) is 28.9 Å². The lowest BCUT2D eigenvalue weighted by Crippen LogP contribution is -2.36. The van der Waals surface area contributed by atoms with Crippen LogP contribution >= 0.6 is 35.0 Å². The molecule has 8 heteroatoms. The van der Waals surface area contributed by atoms with Gasteiger partial charge in [-0.25, -0.2) is 13.1 Å². The van der Waals surface area contributed by atoms with Crippen LogP contribution in [0.5, 0.6) is 0 Å². The second-order valence-corrected chi connectivity index (χ2v) is 8.60. The molecule has 0 atom stereocenters. The highest BCUT2D eigenvalue weighted by Gasteiger charge is 2.24. The van der Waals surface area contributed by atoms with Crippen molar-refractivity contribution >= 4 is 50.7 Å². The van der Waals surface area contributed by atoms with Crippen LogP contribution < -0.4 is 10.5 Å². The van der Waals surface area contributed by atoms with Crippen molar-refractivity contribution < 1.29 is 8.42 Å². The molecule has 0 radical (unpaired) electrons. The van der Waals surface area contributed by atoms with Crippen LogP contribution in [0.25, 0.3) is 0 Å². The summed E-state index contributed by atoms with van der Waals surface area (Å²) in [6.45, 7) is 4.17. The van der Waals surface area contributed by atoms with Gasteiger partial charge >= 0.3 is 0 Å². The number of sulfonamides is 1. The lowest BCUT2D eigenvalue weighted by Gasteiger charge is -2.22. The average Bonchev–Trinajstić information content (AvgIpc) is 2.34. The molecular weight excluding hydrogens is 327 g/mol. The number of rotatable bonds is 5. The zero-order valence-electron chi connectivity index (χ0n) is 10.8. The second kappa shape index (κ2) is 6.10. The van der Waals surface area contributed by atoms with E-state index in [1.165, 1.54) is 12.1 Å². The van der Waals surface area contributed by atoms with E-state index in [2.05, 4.69) is 4.72 Å². The highest BCUT2D eigenvalue weighted by atomic mass is 35.5. The number of benzene rings is 1. The summed E-state index contributed by atoms with van der Waals surface area (Å²) < 4.78 is 26.7. The molecular formula is C11H16Cl2N2O2S2. The van der Waals surface area contributed by atoms with Crippen molar-refractivity contribution in [1.82, 2.24) is 4.72 Å². The van der Waals surface area contributed by atoms with Gasteiger partial charge in [0.1, 0.15) is 4.90 Å². The predicted octanol–water partition coefficient (Wildman–Crippen LogP) is 3.00. The highest BCUT2D eigenvalue weighted by molar-refractivity contribution is 8.00. The molecule has 0 amide bonds. The molecule has 1 rings (SSSR count). The van der Waals surface area contributed by atoms with Crippen LogP contribution in [0.4, 0.5) is 5.69 Å². The topological polar surface area (TPSA) is 72.2 Å². The number of anilines is 1. The van der Waals surface area contributed by atoms with Crippen LogP contribution in [0.3, 0.4) is 0 Å². The SMILES string of the molecule is CSC(C)(C)CNS(=O)(=O)c1ccc(Cl)c(N)c1Cl. The molecule has 0 heterocycles. The molecule has 1 aromatic carbocycles. The van der Waals surface area contributed by atoms with Gasteiger partial charge in [0, 0.05) is 11.3 Å². The van der Waals surface area contributed by atoms with Crippen molar-refractivity contribution in [3.05, 3.63) is 22.2 Å². The van der Waals surface area contributed by atoms with E-state index in [1.54, 1.807) is 11.8 Å². The molecule has 4 nitrogen and oxygen atoms in total. The highest BCUT2D eigenvalue weighted by Crippen LogP contribution is 2.33. The van der Waals surface area contributed by atoms with Gasteiger partial charge in [-0.05, 0) is 32.2 Å². The van der Waals surface area contributed by atoms with Crippen LogP contribution in [-0.4, -0.2) is 26.0 Å². The first-order valence-electron chi connectivity index (χ1n) is 5.39. The normalized spacial score (nSPS) is 12.7. The Morgan fingerprint density at radius 2 is 1.95 bits per heavy atom. The molecule has 0 unspecified atom stereocenters. The van der Waals surface area contributed by atoms with E-state index in [-0.39, 0.29) is 31.9 Å². The molecule has 0 saturated carbocycles. The summed E-state index contributed by atoms with van der Waals surface area (Å²) in [5, 5.41) is 0.176. The Morgan fingerprint density at radius 1 is 1.37 bits per heavy atom. The molecule has 0 aromatic heterocycles. The Morgan fingerprint density at radius 3 is 2.47 bits per heavy atom. The van der Waals surface area contributed by atoms with Crippen molar-refractivity contribution in [2.45, 2.75) is 23.5 Å². The van der Waals surface area contributed by atoms with Gasteiger partial charge in [-0.1, -0.05) is 23.2 Å². The lowest BCUT2D eigenvalue weighted by molar-refractivity contribution is 0.571. The third kappa shape index (κ3) is 4.16. The van der Waals surface area contributed by atoms with Crippen LogP contribution in [0.15, 0.2) is 17.0 Å². The number of thioether (sulfide) groups is 1. The van der Waals surface area contributed by atoms with E-state index in [1.807, 2.05) is 20.1 Å². The molecule has 3 N–H and O–H groups in total. The van der Waals surface area contributed by atoms with Gasteiger partial charge in [0.25, 0.3) is 0 Å². The van der Waals surface area contributed by atoms with E-state index in [0.717, 1.165) is 0 Å². The summed E-state index contributed by atoms with van der Waals surface area (Å²) in [4.78, 5) is -0.0621. The number of nitrogens with one attached hydrogen (secondary N) is 1. The monoisotopic (exact) mass is 342 g/mol. The Bertz CT molecular complexity index is 574. The Hall–Kier alpha value is -0.140. The van der Waals surface area contributed by atoms with Crippen molar-refractivity contribution in [3.63, 3.8) is 0 Å². The maximum atomic E-state index is 12.2. The van der Waals surface area contributed by atoms with E-state index in [9.17, 15) is 8.42 Å². The third-order valence-corrected chi connectivity index (χ3v) is 6.16. The summed E-state index contributed by atoms with van der Waals surface area (Å²) >= 11 is 13.3. The van der Waals surface area contributed by atoms with Gasteiger partial charge in [-0.2, -0.15) is 11.8 Å². The molecule has 108 valence electrons. The molecule has 0 aliphatic rings. The fourth-order valence-electron chi connectivity index (χ4n) is 1.18. The minimum absolute atomic E-state index is 0.0537. The number of halogens is 2. The van der Waals surface area contributed by atoms with E-state index < -0.39 is 10.0 Å². The first-order valence-corrected chi connectivity index (χ1v) is 8.85. The van der Waals surface area contributed by atoms with Gasteiger partial charge in [0.05, 0.1) is 15.7 Å². The molecule has 0 aliphatic heterocycles. The maximum Gasteiger partial charge on any atom is 0.242 e. The molecule has 0 aliphatic carbocycles. The van der Waals surface area contributed by atoms with Crippen LogP contribution in [0.2, 0.25) is 10.0 Å². The summed E-state index contributed by atoms with van der Waals surface area (Å²) in [5.41, 5.74) is 5.69. The predicted molar refractivity (Wildman–Crippen MR) is 83.7 cm³/mol. The smallest absolute Gasteiger partial charge is 0.242 e. The lowest BCUT2D eigenvalue weighted by atomic mass is 10.2. The standard InChI is InChI=1S/C11H16Cl2N2O2S2/c1-11(2,18-3)6-15-19(16,17)8-5-4-7(12)10(14)9(8)13/h4-5,15H,6,14H2,1-3H3.